The Hall–Kier alpha value is -2.82. The molecule has 0 atom stereocenters. The predicted molar refractivity (Wildman–Crippen MR) is 80.9 cm³/mol. The van der Waals surface area contributed by atoms with Gasteiger partial charge in [0.25, 0.3) is 0 Å². The summed E-state index contributed by atoms with van der Waals surface area (Å²) in [5.41, 5.74) is 2.89. The highest BCUT2D eigenvalue weighted by Crippen LogP contribution is 2.16. The van der Waals surface area contributed by atoms with Crippen molar-refractivity contribution in [2.45, 2.75) is 13.0 Å². The van der Waals surface area contributed by atoms with Crippen LogP contribution in [0.5, 0.6) is 0 Å². The second-order valence-corrected chi connectivity index (χ2v) is 4.89. The number of hydrogen-bond donors (Lipinski definition) is 0. The molecule has 1 aromatic carbocycles. The third-order valence-electron chi connectivity index (χ3n) is 3.38. The van der Waals surface area contributed by atoms with E-state index >= 15 is 0 Å². The first-order chi connectivity index (χ1) is 10.8. The van der Waals surface area contributed by atoms with Crippen molar-refractivity contribution in [1.29, 1.82) is 0 Å². The van der Waals surface area contributed by atoms with E-state index in [2.05, 4.69) is 10.1 Å². The van der Waals surface area contributed by atoms with E-state index in [1.54, 1.807) is 29.1 Å². The lowest BCUT2D eigenvalue weighted by Crippen LogP contribution is -2.07. The minimum atomic E-state index is -0.256. The molecule has 0 N–H and O–H groups in total. The number of rotatable bonds is 5. The van der Waals surface area contributed by atoms with Gasteiger partial charge >= 0.3 is 0 Å². The molecule has 0 amide bonds. The van der Waals surface area contributed by atoms with Gasteiger partial charge in [0.05, 0.1) is 5.69 Å². The molecule has 2 aromatic heterocycles. The number of hydrogen-bond acceptors (Lipinski definition) is 3. The molecular formula is C17H14FN3O. The third-order valence-corrected chi connectivity index (χ3v) is 3.38. The molecule has 0 aliphatic carbocycles. The lowest BCUT2D eigenvalue weighted by Gasteiger charge is -2.04. The summed E-state index contributed by atoms with van der Waals surface area (Å²) < 4.78 is 14.5. The van der Waals surface area contributed by atoms with Gasteiger partial charge in [0.15, 0.2) is 6.29 Å². The molecule has 0 saturated heterocycles. The Morgan fingerprint density at radius 3 is 2.59 bits per heavy atom. The molecule has 2 heterocycles. The molecule has 3 aromatic rings. The number of halogens is 1. The van der Waals surface area contributed by atoms with E-state index in [9.17, 15) is 9.18 Å². The molecule has 0 aliphatic heterocycles. The van der Waals surface area contributed by atoms with Crippen LogP contribution in [-0.2, 0) is 13.0 Å². The van der Waals surface area contributed by atoms with Crippen molar-refractivity contribution >= 4 is 6.29 Å². The number of pyridine rings is 1. The van der Waals surface area contributed by atoms with Crippen LogP contribution in [0.1, 0.15) is 16.1 Å². The summed E-state index contributed by atoms with van der Waals surface area (Å²) >= 11 is 0. The molecule has 110 valence electrons. The second-order valence-electron chi connectivity index (χ2n) is 4.89. The van der Waals surface area contributed by atoms with E-state index < -0.39 is 0 Å². The number of carbonyl (C=O) groups is 1. The van der Waals surface area contributed by atoms with E-state index in [1.807, 2.05) is 18.2 Å². The fourth-order valence-corrected chi connectivity index (χ4v) is 2.23. The van der Waals surface area contributed by atoms with Gasteiger partial charge in [-0.2, -0.15) is 5.10 Å². The molecular weight excluding hydrogens is 281 g/mol. The fraction of sp³-hybridized carbons (Fsp3) is 0.118. The number of aromatic nitrogens is 3. The summed E-state index contributed by atoms with van der Waals surface area (Å²) in [6, 6.07) is 13.6. The van der Waals surface area contributed by atoms with Crippen molar-refractivity contribution in [2.24, 2.45) is 0 Å². The van der Waals surface area contributed by atoms with E-state index in [0.29, 0.717) is 24.4 Å². The van der Waals surface area contributed by atoms with Gasteiger partial charge in [-0.1, -0.05) is 18.2 Å². The summed E-state index contributed by atoms with van der Waals surface area (Å²) in [4.78, 5) is 15.4. The van der Waals surface area contributed by atoms with Gasteiger partial charge in [-0.25, -0.2) is 4.39 Å². The van der Waals surface area contributed by atoms with Crippen LogP contribution < -0.4 is 0 Å². The Bertz CT molecular complexity index is 766. The average Bonchev–Trinajstić information content (AvgIpc) is 2.98. The maximum Gasteiger partial charge on any atom is 0.168 e. The average molecular weight is 295 g/mol. The van der Waals surface area contributed by atoms with Crippen molar-refractivity contribution in [3.8, 4) is 11.4 Å². The van der Waals surface area contributed by atoms with Gasteiger partial charge in [-0.3, -0.25) is 14.5 Å². The van der Waals surface area contributed by atoms with Crippen LogP contribution in [0.2, 0.25) is 0 Å². The maximum atomic E-state index is 12.9. The molecule has 0 fully saturated rings. The standard InChI is InChI=1S/C17H14FN3O/c18-14-6-4-13(5-7-14)8-10-21-15(12-22)11-17(20-21)16-3-1-2-9-19-16/h1-7,9,11-12H,8,10H2. The number of carbonyl (C=O) groups excluding carboxylic acids is 1. The van der Waals surface area contributed by atoms with Crippen molar-refractivity contribution < 1.29 is 9.18 Å². The zero-order chi connectivity index (χ0) is 15.4. The molecule has 22 heavy (non-hydrogen) atoms. The normalized spacial score (nSPS) is 10.6. The molecule has 5 heteroatoms. The smallest absolute Gasteiger partial charge is 0.168 e. The Morgan fingerprint density at radius 2 is 1.91 bits per heavy atom. The van der Waals surface area contributed by atoms with Gasteiger partial charge < -0.3 is 0 Å². The molecule has 0 bridgehead atoms. The van der Waals surface area contributed by atoms with Crippen LogP contribution in [0.4, 0.5) is 4.39 Å². The first kappa shape index (κ1) is 14.1. The van der Waals surface area contributed by atoms with Gasteiger partial charge in [0.1, 0.15) is 17.2 Å². The molecule has 4 nitrogen and oxygen atoms in total. The van der Waals surface area contributed by atoms with Crippen LogP contribution in [0, 0.1) is 5.82 Å². The van der Waals surface area contributed by atoms with Crippen LogP contribution in [0.15, 0.2) is 54.7 Å². The first-order valence-electron chi connectivity index (χ1n) is 6.95. The zero-order valence-electron chi connectivity index (χ0n) is 11.8. The fourth-order valence-electron chi connectivity index (χ4n) is 2.23. The summed E-state index contributed by atoms with van der Waals surface area (Å²) in [5, 5.41) is 4.43. The van der Waals surface area contributed by atoms with Crippen molar-refractivity contribution in [1.82, 2.24) is 14.8 Å². The Balaban J connectivity index is 1.80. The number of nitrogens with zero attached hydrogens (tertiary/aromatic N) is 3. The van der Waals surface area contributed by atoms with Crippen LogP contribution in [0.25, 0.3) is 11.4 Å². The van der Waals surface area contributed by atoms with Gasteiger partial charge in [-0.05, 0) is 42.3 Å². The van der Waals surface area contributed by atoms with E-state index in [0.717, 1.165) is 17.5 Å². The largest absolute Gasteiger partial charge is 0.296 e. The minimum Gasteiger partial charge on any atom is -0.296 e. The Morgan fingerprint density at radius 1 is 1.09 bits per heavy atom. The number of aryl methyl sites for hydroxylation is 2. The molecule has 0 spiro atoms. The van der Waals surface area contributed by atoms with Crippen LogP contribution in [0.3, 0.4) is 0 Å². The maximum absolute atomic E-state index is 12.9. The molecule has 0 unspecified atom stereocenters. The molecule has 0 saturated carbocycles. The third kappa shape index (κ3) is 3.09. The number of aldehydes is 1. The van der Waals surface area contributed by atoms with E-state index in [4.69, 9.17) is 0 Å². The van der Waals surface area contributed by atoms with E-state index in [1.165, 1.54) is 12.1 Å². The quantitative estimate of drug-likeness (QED) is 0.679. The summed E-state index contributed by atoms with van der Waals surface area (Å²) in [7, 11) is 0. The lowest BCUT2D eigenvalue weighted by molar-refractivity contribution is 0.111. The Kier molecular flexibility index (Phi) is 4.05. The topological polar surface area (TPSA) is 47.8 Å². The SMILES string of the molecule is O=Cc1cc(-c2ccccn2)nn1CCc1ccc(F)cc1. The summed E-state index contributed by atoms with van der Waals surface area (Å²) in [5.74, 6) is -0.256. The zero-order valence-corrected chi connectivity index (χ0v) is 11.8. The minimum absolute atomic E-state index is 0.256. The number of benzene rings is 1. The first-order valence-corrected chi connectivity index (χ1v) is 6.95. The summed E-state index contributed by atoms with van der Waals surface area (Å²) in [6.45, 7) is 0.548. The predicted octanol–water partition coefficient (Wildman–Crippen LogP) is 3.14. The molecule has 3 rings (SSSR count). The Labute approximate surface area is 127 Å². The summed E-state index contributed by atoms with van der Waals surface area (Å²) in [6.07, 6.45) is 3.14. The van der Waals surface area contributed by atoms with Crippen molar-refractivity contribution in [2.75, 3.05) is 0 Å². The molecule has 0 aliphatic rings. The van der Waals surface area contributed by atoms with Gasteiger partial charge in [0, 0.05) is 12.7 Å². The second kappa shape index (κ2) is 6.30. The van der Waals surface area contributed by atoms with Gasteiger partial charge in [0.2, 0.25) is 0 Å². The lowest BCUT2D eigenvalue weighted by atomic mass is 10.1. The molecule has 0 radical (unpaired) electrons. The highest BCUT2D eigenvalue weighted by molar-refractivity contribution is 5.75. The van der Waals surface area contributed by atoms with Gasteiger partial charge in [-0.15, -0.1) is 0 Å². The van der Waals surface area contributed by atoms with E-state index in [-0.39, 0.29) is 5.82 Å². The van der Waals surface area contributed by atoms with Crippen LogP contribution >= 0.6 is 0 Å². The van der Waals surface area contributed by atoms with Crippen LogP contribution in [-0.4, -0.2) is 21.1 Å². The highest BCUT2D eigenvalue weighted by Gasteiger charge is 2.09. The monoisotopic (exact) mass is 295 g/mol. The van der Waals surface area contributed by atoms with Crippen molar-refractivity contribution in [3.05, 3.63) is 71.8 Å². The highest BCUT2D eigenvalue weighted by atomic mass is 19.1. The van der Waals surface area contributed by atoms with Crippen molar-refractivity contribution in [3.63, 3.8) is 0 Å².